The van der Waals surface area contributed by atoms with E-state index in [1.807, 2.05) is 0 Å². The number of carbonyl (C=O) groups is 1. The molecule has 0 spiro atoms. The quantitative estimate of drug-likeness (QED) is 0.629. The van der Waals surface area contributed by atoms with Crippen LogP contribution in [0, 0.1) is 18.3 Å². The lowest BCUT2D eigenvalue weighted by Crippen LogP contribution is -2.45. The zero-order valence-corrected chi connectivity index (χ0v) is 9.82. The number of terminal acetylenes is 1. The highest BCUT2D eigenvalue weighted by atomic mass is 16.5. The molecule has 2 N–H and O–H groups in total. The molecule has 0 bridgehead atoms. The van der Waals surface area contributed by atoms with Crippen molar-refractivity contribution in [2.75, 3.05) is 26.8 Å². The van der Waals surface area contributed by atoms with Gasteiger partial charge < -0.3 is 15.4 Å². The summed E-state index contributed by atoms with van der Waals surface area (Å²) in [6, 6.07) is -0.493. The van der Waals surface area contributed by atoms with Gasteiger partial charge in [0.2, 0.25) is 5.91 Å². The maximum Gasteiger partial charge on any atom is 0.240 e. The average Bonchev–Trinajstić information content (AvgIpc) is 3.08. The molecule has 0 radical (unpaired) electrons. The highest BCUT2D eigenvalue weighted by molar-refractivity contribution is 5.81. The van der Waals surface area contributed by atoms with Gasteiger partial charge in [0.05, 0.1) is 12.6 Å². The molecule has 1 atom stereocenters. The van der Waals surface area contributed by atoms with E-state index in [1.165, 1.54) is 12.8 Å². The summed E-state index contributed by atoms with van der Waals surface area (Å²) in [5.41, 5.74) is 5.79. The van der Waals surface area contributed by atoms with Crippen LogP contribution in [0.4, 0.5) is 0 Å². The summed E-state index contributed by atoms with van der Waals surface area (Å²) in [7, 11) is 1.60. The van der Waals surface area contributed by atoms with Gasteiger partial charge >= 0.3 is 0 Å². The first kappa shape index (κ1) is 13.0. The van der Waals surface area contributed by atoms with Gasteiger partial charge in [-0.25, -0.2) is 0 Å². The van der Waals surface area contributed by atoms with Crippen molar-refractivity contribution in [1.29, 1.82) is 0 Å². The van der Waals surface area contributed by atoms with E-state index < -0.39 is 6.04 Å². The largest absolute Gasteiger partial charge is 0.385 e. The summed E-state index contributed by atoms with van der Waals surface area (Å²) >= 11 is 0. The van der Waals surface area contributed by atoms with Crippen molar-refractivity contribution in [3.63, 3.8) is 0 Å². The number of hydrogen-bond acceptors (Lipinski definition) is 3. The lowest BCUT2D eigenvalue weighted by molar-refractivity contribution is -0.132. The molecule has 0 aliphatic heterocycles. The van der Waals surface area contributed by atoms with Crippen LogP contribution in [-0.2, 0) is 9.53 Å². The Labute approximate surface area is 97.1 Å². The second kappa shape index (κ2) is 6.51. The molecule has 0 aromatic carbocycles. The fourth-order valence-corrected chi connectivity index (χ4v) is 1.56. The molecule has 1 aliphatic rings. The molecule has 0 aromatic rings. The van der Waals surface area contributed by atoms with Crippen molar-refractivity contribution >= 4 is 5.91 Å². The van der Waals surface area contributed by atoms with Gasteiger partial charge in [-0.15, -0.1) is 6.42 Å². The maximum atomic E-state index is 12.0. The van der Waals surface area contributed by atoms with Crippen molar-refractivity contribution in [3.05, 3.63) is 0 Å². The number of methoxy groups -OCH3 is 1. The van der Waals surface area contributed by atoms with Crippen LogP contribution in [0.25, 0.3) is 0 Å². The summed E-state index contributed by atoms with van der Waals surface area (Å²) in [5.74, 6) is 3.09. The molecule has 90 valence electrons. The molecule has 1 fully saturated rings. The molecule has 1 amide bonds. The Morgan fingerprint density at radius 1 is 1.69 bits per heavy atom. The summed E-state index contributed by atoms with van der Waals surface area (Å²) in [4.78, 5) is 13.6. The molecule has 1 unspecified atom stereocenters. The minimum absolute atomic E-state index is 0.0538. The first-order valence-corrected chi connectivity index (χ1v) is 5.65. The minimum atomic E-state index is -0.493. The van der Waals surface area contributed by atoms with Gasteiger partial charge in [-0.05, 0) is 25.2 Å². The monoisotopic (exact) mass is 224 g/mol. The van der Waals surface area contributed by atoms with E-state index in [2.05, 4.69) is 5.92 Å². The number of nitrogens with two attached hydrogens (primary N) is 1. The highest BCUT2D eigenvalue weighted by Crippen LogP contribution is 2.29. The number of ether oxygens (including phenoxy) is 1. The molecule has 0 heterocycles. The van der Waals surface area contributed by atoms with Crippen molar-refractivity contribution in [2.24, 2.45) is 11.7 Å². The van der Waals surface area contributed by atoms with Crippen LogP contribution in [0.5, 0.6) is 0 Å². The number of carbonyl (C=O) groups excluding carboxylic acids is 1. The smallest absolute Gasteiger partial charge is 0.240 e. The molecule has 4 heteroatoms. The van der Waals surface area contributed by atoms with Crippen LogP contribution < -0.4 is 5.73 Å². The van der Waals surface area contributed by atoms with Gasteiger partial charge in [0, 0.05) is 20.3 Å². The predicted molar refractivity (Wildman–Crippen MR) is 62.6 cm³/mol. The van der Waals surface area contributed by atoms with Crippen molar-refractivity contribution in [2.45, 2.75) is 25.3 Å². The first-order chi connectivity index (χ1) is 7.69. The van der Waals surface area contributed by atoms with Crippen molar-refractivity contribution < 1.29 is 9.53 Å². The predicted octanol–water partition coefficient (Wildman–Crippen LogP) is 0.222. The molecule has 16 heavy (non-hydrogen) atoms. The second-order valence-electron chi connectivity index (χ2n) is 4.25. The minimum Gasteiger partial charge on any atom is -0.385 e. The molecule has 1 rings (SSSR count). The number of rotatable bonds is 7. The Balaban J connectivity index is 2.41. The lowest BCUT2D eigenvalue weighted by atomic mass is 10.2. The van der Waals surface area contributed by atoms with Crippen LogP contribution >= 0.6 is 0 Å². The summed E-state index contributed by atoms with van der Waals surface area (Å²) < 4.78 is 4.90. The lowest BCUT2D eigenvalue weighted by Gasteiger charge is -2.23. The SMILES string of the molecule is C#CCN(CC1CC1)C(=O)C(N)CCOC. The van der Waals surface area contributed by atoms with Gasteiger partial charge in [-0.1, -0.05) is 5.92 Å². The van der Waals surface area contributed by atoms with E-state index in [-0.39, 0.29) is 5.91 Å². The summed E-state index contributed by atoms with van der Waals surface area (Å²) in [5, 5.41) is 0. The topological polar surface area (TPSA) is 55.6 Å². The Morgan fingerprint density at radius 3 is 2.88 bits per heavy atom. The van der Waals surface area contributed by atoms with E-state index >= 15 is 0 Å². The van der Waals surface area contributed by atoms with Crippen LogP contribution in [0.1, 0.15) is 19.3 Å². The third-order valence-electron chi connectivity index (χ3n) is 2.72. The van der Waals surface area contributed by atoms with E-state index in [9.17, 15) is 4.79 Å². The van der Waals surface area contributed by atoms with Gasteiger partial charge in [-0.3, -0.25) is 4.79 Å². The standard InChI is InChI=1S/C12H20N2O2/c1-3-7-14(9-10-4-5-10)12(15)11(13)6-8-16-2/h1,10-11H,4-9,13H2,2H3. The van der Waals surface area contributed by atoms with Crippen LogP contribution in [0.3, 0.4) is 0 Å². The zero-order valence-electron chi connectivity index (χ0n) is 9.82. The zero-order chi connectivity index (χ0) is 12.0. The first-order valence-electron chi connectivity index (χ1n) is 5.65. The van der Waals surface area contributed by atoms with Gasteiger partial charge in [0.25, 0.3) is 0 Å². The molecule has 1 saturated carbocycles. The van der Waals surface area contributed by atoms with E-state index in [1.54, 1.807) is 12.0 Å². The molecular weight excluding hydrogens is 204 g/mol. The van der Waals surface area contributed by atoms with Crippen LogP contribution in [0.15, 0.2) is 0 Å². The summed E-state index contributed by atoms with van der Waals surface area (Å²) in [6.07, 6.45) is 8.19. The third kappa shape index (κ3) is 4.21. The van der Waals surface area contributed by atoms with E-state index in [0.29, 0.717) is 25.5 Å². The summed E-state index contributed by atoms with van der Waals surface area (Å²) in [6.45, 7) is 1.61. The number of hydrogen-bond donors (Lipinski definition) is 1. The van der Waals surface area contributed by atoms with Gasteiger partial charge in [0.15, 0.2) is 0 Å². The van der Waals surface area contributed by atoms with Gasteiger partial charge in [0.1, 0.15) is 0 Å². The normalized spacial score (nSPS) is 16.6. The number of nitrogens with zero attached hydrogens (tertiary/aromatic N) is 1. The van der Waals surface area contributed by atoms with Gasteiger partial charge in [-0.2, -0.15) is 0 Å². The van der Waals surface area contributed by atoms with Crippen LogP contribution in [-0.4, -0.2) is 43.7 Å². The van der Waals surface area contributed by atoms with Crippen LogP contribution in [0.2, 0.25) is 0 Å². The Morgan fingerprint density at radius 2 is 2.38 bits per heavy atom. The van der Waals surface area contributed by atoms with E-state index in [4.69, 9.17) is 16.9 Å². The molecule has 4 nitrogen and oxygen atoms in total. The average molecular weight is 224 g/mol. The molecule has 1 aliphatic carbocycles. The Hall–Kier alpha value is -1.05. The van der Waals surface area contributed by atoms with Crippen molar-refractivity contribution in [3.8, 4) is 12.3 Å². The number of amides is 1. The second-order valence-corrected chi connectivity index (χ2v) is 4.25. The molecule has 0 saturated heterocycles. The highest BCUT2D eigenvalue weighted by Gasteiger charge is 2.28. The van der Waals surface area contributed by atoms with E-state index in [0.717, 1.165) is 6.54 Å². The van der Waals surface area contributed by atoms with Crippen molar-refractivity contribution in [1.82, 2.24) is 4.90 Å². The Kier molecular flexibility index (Phi) is 5.30. The molecule has 0 aromatic heterocycles. The fourth-order valence-electron chi connectivity index (χ4n) is 1.56. The molecular formula is C12H20N2O2. The maximum absolute atomic E-state index is 12.0. The third-order valence-corrected chi connectivity index (χ3v) is 2.72. The Bertz CT molecular complexity index is 269. The fraction of sp³-hybridized carbons (Fsp3) is 0.750.